The molecule has 0 fully saturated rings. The van der Waals surface area contributed by atoms with Gasteiger partial charge in [-0.15, -0.1) is 0 Å². The third-order valence-electron chi connectivity index (χ3n) is 6.53. The van der Waals surface area contributed by atoms with E-state index in [0.717, 1.165) is 21.7 Å². The molecule has 0 aromatic heterocycles. The first-order valence-corrected chi connectivity index (χ1v) is 15.2. The Labute approximate surface area is 237 Å². The summed E-state index contributed by atoms with van der Waals surface area (Å²) >= 11 is 0. The van der Waals surface area contributed by atoms with Crippen molar-refractivity contribution in [2.24, 2.45) is 0 Å². The fourth-order valence-corrected chi connectivity index (χ4v) is 5.23. The summed E-state index contributed by atoms with van der Waals surface area (Å²) < 4.78 is 41.6. The molecular formula is C31H38FN3O4S. The Morgan fingerprint density at radius 1 is 0.875 bits per heavy atom. The fourth-order valence-electron chi connectivity index (χ4n) is 4.38. The Bertz CT molecular complexity index is 1390. The molecule has 0 aliphatic carbocycles. The Kier molecular flexibility index (Phi) is 10.5. The van der Waals surface area contributed by atoms with E-state index < -0.39 is 40.2 Å². The van der Waals surface area contributed by atoms with Crippen molar-refractivity contribution in [2.75, 3.05) is 17.1 Å². The summed E-state index contributed by atoms with van der Waals surface area (Å²) in [5.74, 6) is -1.30. The van der Waals surface area contributed by atoms with Crippen LogP contribution in [0, 0.1) is 5.82 Å². The van der Waals surface area contributed by atoms with Crippen molar-refractivity contribution in [1.29, 1.82) is 0 Å². The highest BCUT2D eigenvalue weighted by molar-refractivity contribution is 7.92. The molecule has 0 spiro atoms. The molecule has 0 aliphatic rings. The Hall–Kier alpha value is -3.72. The minimum atomic E-state index is -3.87. The lowest BCUT2D eigenvalue weighted by Crippen LogP contribution is -2.54. The summed E-state index contributed by atoms with van der Waals surface area (Å²) in [5.41, 5.74) is 2.38. The highest BCUT2D eigenvalue weighted by Gasteiger charge is 2.33. The van der Waals surface area contributed by atoms with Crippen LogP contribution in [0.15, 0.2) is 78.9 Å². The summed E-state index contributed by atoms with van der Waals surface area (Å²) in [7, 11) is -3.87. The molecule has 3 aromatic carbocycles. The second-order valence-electron chi connectivity index (χ2n) is 10.5. The number of sulfonamides is 1. The van der Waals surface area contributed by atoms with E-state index in [1.165, 1.54) is 11.0 Å². The maximum atomic E-state index is 14.8. The fraction of sp³-hybridized carbons (Fsp3) is 0.355. The van der Waals surface area contributed by atoms with E-state index in [0.29, 0.717) is 5.69 Å². The summed E-state index contributed by atoms with van der Waals surface area (Å²) in [6.45, 7) is 6.93. The lowest BCUT2D eigenvalue weighted by Gasteiger charge is -2.34. The molecule has 0 saturated carbocycles. The first kappa shape index (κ1) is 30.8. The van der Waals surface area contributed by atoms with E-state index in [1.807, 2.05) is 70.2 Å². The predicted molar refractivity (Wildman–Crippen MR) is 157 cm³/mol. The lowest BCUT2D eigenvalue weighted by atomic mass is 10.0. The van der Waals surface area contributed by atoms with Crippen molar-refractivity contribution in [2.45, 2.75) is 58.7 Å². The number of nitrogens with one attached hydrogen (secondary N) is 1. The zero-order valence-electron chi connectivity index (χ0n) is 23.7. The van der Waals surface area contributed by atoms with E-state index in [1.54, 1.807) is 30.3 Å². The molecule has 0 bridgehead atoms. The Morgan fingerprint density at radius 2 is 1.48 bits per heavy atom. The number of nitrogens with zero attached hydrogens (tertiary/aromatic N) is 2. The summed E-state index contributed by atoms with van der Waals surface area (Å²) in [6.07, 6.45) is 1.20. The molecule has 2 amide bonds. The first-order valence-electron chi connectivity index (χ1n) is 13.3. The molecule has 0 unspecified atom stereocenters. The minimum Gasteiger partial charge on any atom is -0.352 e. The van der Waals surface area contributed by atoms with Gasteiger partial charge in [-0.3, -0.25) is 13.9 Å². The molecule has 1 atom stereocenters. The number of carbonyl (C=O) groups is 2. The van der Waals surface area contributed by atoms with E-state index in [-0.39, 0.29) is 30.5 Å². The number of hydrogen-bond acceptors (Lipinski definition) is 4. The average molecular weight is 568 g/mol. The molecule has 7 nitrogen and oxygen atoms in total. The van der Waals surface area contributed by atoms with Gasteiger partial charge in [0.15, 0.2) is 0 Å². The molecule has 0 saturated heterocycles. The molecule has 9 heteroatoms. The monoisotopic (exact) mass is 567 g/mol. The summed E-state index contributed by atoms with van der Waals surface area (Å²) in [5, 5.41) is 2.87. The largest absolute Gasteiger partial charge is 0.352 e. The molecule has 0 radical (unpaired) electrons. The SMILES string of the molecule is CC(C)NC(=O)[C@H](Cc1ccccc1)N(Cc1ccccc1F)C(=O)CN(c1ccc(C(C)C)cc1)S(C)(=O)=O. The third kappa shape index (κ3) is 8.39. The van der Waals surface area contributed by atoms with Crippen LogP contribution in [-0.4, -0.2) is 50.0 Å². The Morgan fingerprint density at radius 3 is 2.02 bits per heavy atom. The molecule has 40 heavy (non-hydrogen) atoms. The van der Waals surface area contributed by atoms with Gasteiger partial charge in [-0.25, -0.2) is 12.8 Å². The second-order valence-corrected chi connectivity index (χ2v) is 12.4. The van der Waals surface area contributed by atoms with Crippen LogP contribution < -0.4 is 9.62 Å². The maximum absolute atomic E-state index is 14.8. The highest BCUT2D eigenvalue weighted by Crippen LogP contribution is 2.23. The molecule has 0 aliphatic heterocycles. The van der Waals surface area contributed by atoms with Crippen molar-refractivity contribution >= 4 is 27.5 Å². The summed E-state index contributed by atoms with van der Waals surface area (Å²) in [4.78, 5) is 28.8. The number of hydrogen-bond donors (Lipinski definition) is 1. The van der Waals surface area contributed by atoms with Gasteiger partial charge in [0.25, 0.3) is 0 Å². The van der Waals surface area contributed by atoms with Gasteiger partial charge in [0.2, 0.25) is 21.8 Å². The second kappa shape index (κ2) is 13.6. The van der Waals surface area contributed by atoms with Crippen LogP contribution in [0.4, 0.5) is 10.1 Å². The third-order valence-corrected chi connectivity index (χ3v) is 7.67. The number of benzene rings is 3. The van der Waals surface area contributed by atoms with Crippen LogP contribution in [0.5, 0.6) is 0 Å². The number of amides is 2. The van der Waals surface area contributed by atoms with Crippen molar-refractivity contribution in [3.8, 4) is 0 Å². The zero-order chi connectivity index (χ0) is 29.4. The van der Waals surface area contributed by atoms with Gasteiger partial charge in [0.1, 0.15) is 18.4 Å². The molecule has 1 N–H and O–H groups in total. The molecule has 0 heterocycles. The topological polar surface area (TPSA) is 86.8 Å². The van der Waals surface area contributed by atoms with E-state index in [4.69, 9.17) is 0 Å². The lowest BCUT2D eigenvalue weighted by molar-refractivity contribution is -0.140. The standard InChI is InChI=1S/C31H38FN3O4S/c1-22(2)25-15-17-27(18-16-25)35(40(5,38)39)21-30(36)34(20-26-13-9-10-14-28(26)32)29(31(37)33-23(3)4)19-24-11-7-6-8-12-24/h6-18,22-23,29H,19-21H2,1-5H3,(H,33,37)/t29-/m0/s1. The molecule has 3 aromatic rings. The van der Waals surface area contributed by atoms with Gasteiger partial charge < -0.3 is 10.2 Å². The normalized spacial score (nSPS) is 12.3. The number of halogens is 1. The average Bonchev–Trinajstić information content (AvgIpc) is 2.89. The van der Waals surface area contributed by atoms with Crippen LogP contribution in [0.1, 0.15) is 50.3 Å². The maximum Gasteiger partial charge on any atom is 0.244 e. The van der Waals surface area contributed by atoms with E-state index in [9.17, 15) is 22.4 Å². The number of anilines is 1. The molecular weight excluding hydrogens is 529 g/mol. The number of rotatable bonds is 12. The Balaban J connectivity index is 2.05. The van der Waals surface area contributed by atoms with Crippen molar-refractivity contribution in [1.82, 2.24) is 10.2 Å². The van der Waals surface area contributed by atoms with Crippen LogP contribution in [0.3, 0.4) is 0 Å². The number of carbonyl (C=O) groups excluding carboxylic acids is 2. The van der Waals surface area contributed by atoms with Crippen LogP contribution in [0.2, 0.25) is 0 Å². The van der Waals surface area contributed by atoms with Crippen molar-refractivity contribution in [3.63, 3.8) is 0 Å². The smallest absolute Gasteiger partial charge is 0.244 e. The highest BCUT2D eigenvalue weighted by atomic mass is 32.2. The van der Waals surface area contributed by atoms with Gasteiger partial charge in [-0.05, 0) is 49.1 Å². The van der Waals surface area contributed by atoms with Crippen molar-refractivity contribution in [3.05, 3.63) is 101 Å². The minimum absolute atomic E-state index is 0.168. The van der Waals surface area contributed by atoms with Crippen molar-refractivity contribution < 1.29 is 22.4 Å². The summed E-state index contributed by atoms with van der Waals surface area (Å²) in [6, 6.07) is 21.0. The van der Waals surface area contributed by atoms with Gasteiger partial charge in [0, 0.05) is 24.6 Å². The van der Waals surface area contributed by atoms with E-state index >= 15 is 0 Å². The zero-order valence-corrected chi connectivity index (χ0v) is 24.5. The van der Waals surface area contributed by atoms with Gasteiger partial charge in [-0.1, -0.05) is 74.5 Å². The molecule has 214 valence electrons. The van der Waals surface area contributed by atoms with Crippen LogP contribution in [0.25, 0.3) is 0 Å². The molecule has 3 rings (SSSR count). The predicted octanol–water partition coefficient (Wildman–Crippen LogP) is 4.88. The van der Waals surface area contributed by atoms with Gasteiger partial charge >= 0.3 is 0 Å². The van der Waals surface area contributed by atoms with Gasteiger partial charge in [0.05, 0.1) is 11.9 Å². The van der Waals surface area contributed by atoms with E-state index in [2.05, 4.69) is 5.32 Å². The first-order chi connectivity index (χ1) is 18.9. The quantitative estimate of drug-likeness (QED) is 0.338. The van der Waals surface area contributed by atoms with Gasteiger partial charge in [-0.2, -0.15) is 0 Å². The van der Waals surface area contributed by atoms with Crippen LogP contribution >= 0.6 is 0 Å². The van der Waals surface area contributed by atoms with Crippen LogP contribution in [-0.2, 0) is 32.6 Å².